The van der Waals surface area contributed by atoms with E-state index in [4.69, 9.17) is 11.6 Å². The molecule has 0 atom stereocenters. The van der Waals surface area contributed by atoms with E-state index in [1.165, 1.54) is 0 Å². The van der Waals surface area contributed by atoms with Crippen molar-refractivity contribution in [2.24, 2.45) is 0 Å². The van der Waals surface area contributed by atoms with Crippen molar-refractivity contribution in [2.45, 2.75) is 18.6 Å². The van der Waals surface area contributed by atoms with Crippen molar-refractivity contribution in [3.8, 4) is 0 Å². The molecule has 19 heavy (non-hydrogen) atoms. The van der Waals surface area contributed by atoms with Crippen LogP contribution in [0.4, 0.5) is 13.2 Å². The molecule has 0 aliphatic heterocycles. The Kier molecular flexibility index (Phi) is 4.20. The van der Waals surface area contributed by atoms with Crippen LogP contribution < -0.4 is 0 Å². The second-order valence-electron chi connectivity index (χ2n) is 3.93. The molecule has 2 aromatic rings. The van der Waals surface area contributed by atoms with E-state index in [0.717, 1.165) is 20.9 Å². The Bertz CT molecular complexity index is 563. The first-order valence-corrected chi connectivity index (χ1v) is 6.67. The van der Waals surface area contributed by atoms with Crippen LogP contribution >= 0.6 is 27.5 Å². The van der Waals surface area contributed by atoms with Crippen molar-refractivity contribution in [3.63, 3.8) is 0 Å². The summed E-state index contributed by atoms with van der Waals surface area (Å²) < 4.78 is 40.7. The second-order valence-corrected chi connectivity index (χ2v) is 5.12. The molecule has 0 aliphatic carbocycles. The standard InChI is InChI=1S/C12H9BrClF3N2/c13-10-3-1-8(2-4-10)7-19-11(12(15,16)17)9(5-14)6-18-19/h1-4,6H,5,7H2. The summed E-state index contributed by atoms with van der Waals surface area (Å²) in [6.07, 6.45) is -3.30. The van der Waals surface area contributed by atoms with Crippen LogP contribution in [0.25, 0.3) is 0 Å². The summed E-state index contributed by atoms with van der Waals surface area (Å²) in [6.45, 7) is 0.0546. The van der Waals surface area contributed by atoms with Crippen LogP contribution in [0.1, 0.15) is 16.8 Å². The molecule has 0 saturated heterocycles. The van der Waals surface area contributed by atoms with Gasteiger partial charge in [-0.2, -0.15) is 18.3 Å². The fourth-order valence-corrected chi connectivity index (χ4v) is 2.19. The summed E-state index contributed by atoms with van der Waals surface area (Å²) >= 11 is 8.79. The maximum Gasteiger partial charge on any atom is 0.433 e. The van der Waals surface area contributed by atoms with Crippen LogP contribution in [0.15, 0.2) is 34.9 Å². The number of hydrogen-bond donors (Lipinski definition) is 0. The first-order chi connectivity index (χ1) is 8.91. The van der Waals surface area contributed by atoms with Gasteiger partial charge in [0.15, 0.2) is 0 Å². The highest BCUT2D eigenvalue weighted by Crippen LogP contribution is 2.33. The molecule has 0 amide bonds. The van der Waals surface area contributed by atoms with Gasteiger partial charge in [-0.1, -0.05) is 28.1 Å². The van der Waals surface area contributed by atoms with E-state index in [-0.39, 0.29) is 18.0 Å². The largest absolute Gasteiger partial charge is 0.433 e. The van der Waals surface area contributed by atoms with Gasteiger partial charge in [-0.3, -0.25) is 4.68 Å². The van der Waals surface area contributed by atoms with Gasteiger partial charge in [-0.25, -0.2) is 0 Å². The van der Waals surface area contributed by atoms with Gasteiger partial charge in [0.2, 0.25) is 0 Å². The summed E-state index contributed by atoms with van der Waals surface area (Å²) in [5.74, 6) is -0.213. The lowest BCUT2D eigenvalue weighted by Gasteiger charge is -2.12. The van der Waals surface area contributed by atoms with E-state index < -0.39 is 11.9 Å². The lowest BCUT2D eigenvalue weighted by atomic mass is 10.2. The molecule has 0 spiro atoms. The molecule has 0 bridgehead atoms. The minimum atomic E-state index is -4.46. The molecule has 1 heterocycles. The van der Waals surface area contributed by atoms with Crippen molar-refractivity contribution in [3.05, 3.63) is 51.8 Å². The lowest BCUT2D eigenvalue weighted by molar-refractivity contribution is -0.144. The quantitative estimate of drug-likeness (QED) is 0.745. The zero-order valence-electron chi connectivity index (χ0n) is 9.59. The molecule has 0 N–H and O–H groups in total. The number of aromatic nitrogens is 2. The van der Waals surface area contributed by atoms with Gasteiger partial charge in [0, 0.05) is 10.0 Å². The van der Waals surface area contributed by atoms with Gasteiger partial charge >= 0.3 is 6.18 Å². The molecule has 1 aromatic heterocycles. The van der Waals surface area contributed by atoms with E-state index in [1.807, 2.05) is 0 Å². The Morgan fingerprint density at radius 2 is 1.84 bits per heavy atom. The van der Waals surface area contributed by atoms with Gasteiger partial charge < -0.3 is 0 Å². The minimum Gasteiger partial charge on any atom is -0.256 e. The number of halogens is 5. The predicted molar refractivity (Wildman–Crippen MR) is 70.0 cm³/mol. The molecular formula is C12H9BrClF3N2. The van der Waals surface area contributed by atoms with Crippen LogP contribution in [0.3, 0.4) is 0 Å². The van der Waals surface area contributed by atoms with Crippen molar-refractivity contribution in [2.75, 3.05) is 0 Å². The molecule has 1 aromatic carbocycles. The Morgan fingerprint density at radius 3 is 2.37 bits per heavy atom. The fourth-order valence-electron chi connectivity index (χ4n) is 1.73. The van der Waals surface area contributed by atoms with Crippen molar-refractivity contribution in [1.82, 2.24) is 9.78 Å². The first-order valence-electron chi connectivity index (χ1n) is 5.34. The van der Waals surface area contributed by atoms with Crippen LogP contribution in [-0.2, 0) is 18.6 Å². The van der Waals surface area contributed by atoms with Crippen LogP contribution in [0, 0.1) is 0 Å². The molecule has 0 fully saturated rings. The monoisotopic (exact) mass is 352 g/mol. The molecule has 0 saturated carbocycles. The van der Waals surface area contributed by atoms with E-state index in [0.29, 0.717) is 0 Å². The van der Waals surface area contributed by atoms with E-state index in [2.05, 4.69) is 21.0 Å². The Balaban J connectivity index is 2.35. The van der Waals surface area contributed by atoms with Gasteiger partial charge in [-0.05, 0) is 17.7 Å². The maximum absolute atomic E-state index is 13.0. The SMILES string of the molecule is FC(F)(F)c1c(CCl)cnn1Cc1ccc(Br)cc1. The third-order valence-corrected chi connectivity index (χ3v) is 3.39. The zero-order chi connectivity index (χ0) is 14.0. The minimum absolute atomic E-state index is 0.00808. The molecule has 7 heteroatoms. The number of alkyl halides is 4. The second kappa shape index (κ2) is 5.54. The highest BCUT2D eigenvalue weighted by atomic mass is 79.9. The van der Waals surface area contributed by atoms with Gasteiger partial charge in [0.1, 0.15) is 5.69 Å². The maximum atomic E-state index is 13.0. The van der Waals surface area contributed by atoms with E-state index >= 15 is 0 Å². The van der Waals surface area contributed by atoms with Gasteiger partial charge in [0.25, 0.3) is 0 Å². The number of benzene rings is 1. The van der Waals surface area contributed by atoms with Crippen molar-refractivity contribution < 1.29 is 13.2 Å². The average Bonchev–Trinajstić information content (AvgIpc) is 2.75. The average molecular weight is 354 g/mol. The van der Waals surface area contributed by atoms with Gasteiger partial charge in [-0.15, -0.1) is 11.6 Å². The van der Waals surface area contributed by atoms with Crippen molar-refractivity contribution in [1.29, 1.82) is 0 Å². The Hall–Kier alpha value is -1.01. The zero-order valence-corrected chi connectivity index (χ0v) is 11.9. The Morgan fingerprint density at radius 1 is 1.21 bits per heavy atom. The normalized spacial score (nSPS) is 11.8. The number of hydrogen-bond acceptors (Lipinski definition) is 1. The van der Waals surface area contributed by atoms with E-state index in [1.54, 1.807) is 24.3 Å². The predicted octanol–water partition coefficient (Wildman–Crippen LogP) is 4.45. The number of rotatable bonds is 3. The molecule has 2 rings (SSSR count). The molecule has 2 nitrogen and oxygen atoms in total. The third kappa shape index (κ3) is 3.30. The van der Waals surface area contributed by atoms with Gasteiger partial charge in [0.05, 0.1) is 18.6 Å². The summed E-state index contributed by atoms with van der Waals surface area (Å²) in [5.41, 5.74) is -0.0605. The number of nitrogens with zero attached hydrogens (tertiary/aromatic N) is 2. The van der Waals surface area contributed by atoms with Crippen LogP contribution in [0.2, 0.25) is 0 Å². The smallest absolute Gasteiger partial charge is 0.256 e. The summed E-state index contributed by atoms with van der Waals surface area (Å²) in [6, 6.07) is 7.03. The molecule has 0 aliphatic rings. The topological polar surface area (TPSA) is 17.8 Å². The molecule has 102 valence electrons. The Labute approximate surface area is 121 Å². The first kappa shape index (κ1) is 14.4. The summed E-state index contributed by atoms with van der Waals surface area (Å²) in [5, 5.41) is 3.77. The van der Waals surface area contributed by atoms with E-state index in [9.17, 15) is 13.2 Å². The molecular weight excluding hydrogens is 344 g/mol. The lowest BCUT2D eigenvalue weighted by Crippen LogP contribution is -2.17. The molecule has 0 radical (unpaired) electrons. The highest BCUT2D eigenvalue weighted by molar-refractivity contribution is 9.10. The van der Waals surface area contributed by atoms with Crippen molar-refractivity contribution >= 4 is 27.5 Å². The third-order valence-electron chi connectivity index (χ3n) is 2.57. The van der Waals surface area contributed by atoms with Crippen LogP contribution in [0.5, 0.6) is 0 Å². The molecule has 0 unspecified atom stereocenters. The summed E-state index contributed by atoms with van der Waals surface area (Å²) in [4.78, 5) is 0. The van der Waals surface area contributed by atoms with Crippen LogP contribution in [-0.4, -0.2) is 9.78 Å². The fraction of sp³-hybridized carbons (Fsp3) is 0.250. The summed E-state index contributed by atoms with van der Waals surface area (Å²) in [7, 11) is 0. The highest BCUT2D eigenvalue weighted by Gasteiger charge is 2.37.